The molecule has 18 heavy (non-hydrogen) atoms. The minimum atomic E-state index is -4.24. The molecular weight excluding hydrogens is 237 g/mol. The molecule has 0 heterocycles. The lowest BCUT2D eigenvalue weighted by atomic mass is 9.89. The van der Waals surface area contributed by atoms with Crippen molar-refractivity contribution in [2.24, 2.45) is 5.92 Å². The Labute approximate surface area is 106 Å². The number of rotatable bonds is 2. The zero-order valence-corrected chi connectivity index (χ0v) is 10.2. The molecule has 0 amide bonds. The van der Waals surface area contributed by atoms with Crippen LogP contribution in [-0.4, -0.2) is 0 Å². The Morgan fingerprint density at radius 3 is 2.11 bits per heavy atom. The van der Waals surface area contributed by atoms with Crippen LogP contribution in [0.15, 0.2) is 30.3 Å². The molecule has 0 atom stereocenters. The fourth-order valence-electron chi connectivity index (χ4n) is 2.36. The summed E-state index contributed by atoms with van der Waals surface area (Å²) < 4.78 is 37.1. The predicted molar refractivity (Wildman–Crippen MR) is 67.1 cm³/mol. The molecule has 0 bridgehead atoms. The molecule has 1 aliphatic carbocycles. The largest absolute Gasteiger partial charge is 0.416 e. The van der Waals surface area contributed by atoms with Gasteiger partial charge in [-0.2, -0.15) is 13.2 Å². The highest BCUT2D eigenvalue weighted by molar-refractivity contribution is 5.50. The van der Waals surface area contributed by atoms with Gasteiger partial charge in [0, 0.05) is 0 Å². The van der Waals surface area contributed by atoms with Crippen LogP contribution in [0.5, 0.6) is 0 Å². The highest BCUT2D eigenvalue weighted by Crippen LogP contribution is 2.29. The second kappa shape index (κ2) is 5.59. The molecule has 1 aromatic carbocycles. The van der Waals surface area contributed by atoms with Crippen LogP contribution in [0.1, 0.15) is 43.2 Å². The van der Waals surface area contributed by atoms with Crippen LogP contribution >= 0.6 is 0 Å². The van der Waals surface area contributed by atoms with Gasteiger partial charge in [0.25, 0.3) is 0 Å². The van der Waals surface area contributed by atoms with Crippen molar-refractivity contribution in [3.8, 4) is 0 Å². The van der Waals surface area contributed by atoms with E-state index in [0.29, 0.717) is 5.92 Å². The van der Waals surface area contributed by atoms with E-state index in [1.54, 1.807) is 0 Å². The lowest BCUT2D eigenvalue weighted by molar-refractivity contribution is -0.137. The van der Waals surface area contributed by atoms with Crippen LogP contribution in [0.3, 0.4) is 0 Å². The smallest absolute Gasteiger partial charge is 0.166 e. The minimum absolute atomic E-state index is 0.586. The van der Waals surface area contributed by atoms with Crippen molar-refractivity contribution in [2.75, 3.05) is 0 Å². The van der Waals surface area contributed by atoms with Gasteiger partial charge in [0.2, 0.25) is 0 Å². The summed E-state index contributed by atoms with van der Waals surface area (Å²) in [6.07, 6.45) is 6.09. The molecule has 0 spiro atoms. The quantitative estimate of drug-likeness (QED) is 0.672. The molecule has 1 aliphatic rings. The second-order valence-corrected chi connectivity index (χ2v) is 4.88. The van der Waals surface area contributed by atoms with E-state index in [0.717, 1.165) is 17.7 Å². The topological polar surface area (TPSA) is 0 Å². The first kappa shape index (κ1) is 13.2. The van der Waals surface area contributed by atoms with Crippen LogP contribution < -0.4 is 0 Å². The molecule has 0 N–H and O–H groups in total. The van der Waals surface area contributed by atoms with E-state index in [1.165, 1.54) is 44.2 Å². The second-order valence-electron chi connectivity index (χ2n) is 4.88. The fraction of sp³-hybridized carbons (Fsp3) is 0.467. The number of halogens is 3. The van der Waals surface area contributed by atoms with Gasteiger partial charge in [-0.15, -0.1) is 0 Å². The molecule has 0 aliphatic heterocycles. The number of alkyl halides is 3. The maximum atomic E-state index is 12.4. The van der Waals surface area contributed by atoms with Crippen molar-refractivity contribution < 1.29 is 13.2 Å². The standard InChI is InChI=1S/C15H17F3/c16-15(17,18)14-10-8-13(9-11-14)7-6-12-4-2-1-3-5-12/h6-12H,1-5H2/b7-6+. The molecule has 0 saturated heterocycles. The Kier molecular flexibility index (Phi) is 4.10. The monoisotopic (exact) mass is 254 g/mol. The first-order valence-corrected chi connectivity index (χ1v) is 6.41. The van der Waals surface area contributed by atoms with Gasteiger partial charge in [-0.3, -0.25) is 0 Å². The summed E-state index contributed by atoms with van der Waals surface area (Å²) in [6.45, 7) is 0. The third-order valence-electron chi connectivity index (χ3n) is 3.45. The summed E-state index contributed by atoms with van der Waals surface area (Å²) in [4.78, 5) is 0. The Morgan fingerprint density at radius 1 is 0.944 bits per heavy atom. The summed E-state index contributed by atoms with van der Waals surface area (Å²) in [5.41, 5.74) is 0.255. The maximum absolute atomic E-state index is 12.4. The van der Waals surface area contributed by atoms with Gasteiger partial charge in [0.15, 0.2) is 0 Å². The highest BCUT2D eigenvalue weighted by atomic mass is 19.4. The van der Waals surface area contributed by atoms with Crippen molar-refractivity contribution in [3.63, 3.8) is 0 Å². The van der Waals surface area contributed by atoms with Crippen LogP contribution in [0.25, 0.3) is 6.08 Å². The van der Waals surface area contributed by atoms with Gasteiger partial charge in [-0.05, 0) is 36.5 Å². The van der Waals surface area contributed by atoms with Crippen molar-refractivity contribution in [1.29, 1.82) is 0 Å². The molecule has 98 valence electrons. The average molecular weight is 254 g/mol. The minimum Gasteiger partial charge on any atom is -0.166 e. The van der Waals surface area contributed by atoms with E-state index in [-0.39, 0.29) is 0 Å². The van der Waals surface area contributed by atoms with Crippen LogP contribution in [-0.2, 0) is 6.18 Å². The van der Waals surface area contributed by atoms with Crippen LogP contribution in [0.2, 0.25) is 0 Å². The van der Waals surface area contributed by atoms with Crippen molar-refractivity contribution in [2.45, 2.75) is 38.3 Å². The molecular formula is C15H17F3. The van der Waals surface area contributed by atoms with E-state index in [9.17, 15) is 13.2 Å². The fourth-order valence-corrected chi connectivity index (χ4v) is 2.36. The number of hydrogen-bond donors (Lipinski definition) is 0. The van der Waals surface area contributed by atoms with Gasteiger partial charge in [-0.25, -0.2) is 0 Å². The van der Waals surface area contributed by atoms with E-state index < -0.39 is 11.7 Å². The van der Waals surface area contributed by atoms with E-state index in [2.05, 4.69) is 6.08 Å². The van der Waals surface area contributed by atoms with Gasteiger partial charge in [0.05, 0.1) is 5.56 Å². The summed E-state index contributed by atoms with van der Waals surface area (Å²) in [5.74, 6) is 0.598. The third-order valence-corrected chi connectivity index (χ3v) is 3.45. The molecule has 2 rings (SSSR count). The summed E-state index contributed by atoms with van der Waals surface area (Å²) >= 11 is 0. The lowest BCUT2D eigenvalue weighted by Gasteiger charge is -2.17. The molecule has 0 radical (unpaired) electrons. The van der Waals surface area contributed by atoms with Gasteiger partial charge in [-0.1, -0.05) is 43.5 Å². The molecule has 3 heteroatoms. The zero-order valence-electron chi connectivity index (χ0n) is 10.2. The predicted octanol–water partition coefficient (Wildman–Crippen LogP) is 5.30. The summed E-state index contributed by atoms with van der Waals surface area (Å²) in [6, 6.07) is 5.34. The first-order chi connectivity index (χ1) is 8.55. The number of hydrogen-bond acceptors (Lipinski definition) is 0. The molecule has 0 aromatic heterocycles. The van der Waals surface area contributed by atoms with Crippen molar-refractivity contribution >= 4 is 6.08 Å². The Hall–Kier alpha value is -1.25. The van der Waals surface area contributed by atoms with Crippen LogP contribution in [0, 0.1) is 5.92 Å². The number of allylic oxidation sites excluding steroid dienone is 1. The molecule has 0 unspecified atom stereocenters. The molecule has 1 saturated carbocycles. The van der Waals surface area contributed by atoms with E-state index in [4.69, 9.17) is 0 Å². The third kappa shape index (κ3) is 3.62. The summed E-state index contributed by atoms with van der Waals surface area (Å²) in [7, 11) is 0. The molecule has 0 nitrogen and oxygen atoms in total. The SMILES string of the molecule is FC(F)(F)c1ccc(/C=C/C2CCCCC2)cc1. The first-order valence-electron chi connectivity index (χ1n) is 6.41. The van der Waals surface area contributed by atoms with Gasteiger partial charge < -0.3 is 0 Å². The Morgan fingerprint density at radius 2 is 1.56 bits per heavy atom. The highest BCUT2D eigenvalue weighted by Gasteiger charge is 2.29. The van der Waals surface area contributed by atoms with Gasteiger partial charge >= 0.3 is 6.18 Å². The summed E-state index contributed by atoms with van der Waals surface area (Å²) in [5, 5.41) is 0. The average Bonchev–Trinajstić information content (AvgIpc) is 2.37. The van der Waals surface area contributed by atoms with Crippen molar-refractivity contribution in [1.82, 2.24) is 0 Å². The zero-order chi connectivity index (χ0) is 13.0. The number of benzene rings is 1. The van der Waals surface area contributed by atoms with Crippen molar-refractivity contribution in [3.05, 3.63) is 41.5 Å². The van der Waals surface area contributed by atoms with E-state index in [1.807, 2.05) is 6.08 Å². The molecule has 1 aromatic rings. The Bertz CT molecular complexity index is 395. The lowest BCUT2D eigenvalue weighted by Crippen LogP contribution is -2.04. The Balaban J connectivity index is 1.99. The molecule has 1 fully saturated rings. The maximum Gasteiger partial charge on any atom is 0.416 e. The van der Waals surface area contributed by atoms with Gasteiger partial charge in [0.1, 0.15) is 0 Å². The van der Waals surface area contributed by atoms with Crippen LogP contribution in [0.4, 0.5) is 13.2 Å². The normalized spacial score (nSPS) is 18.4. The van der Waals surface area contributed by atoms with E-state index >= 15 is 0 Å².